The van der Waals surface area contributed by atoms with Crippen molar-refractivity contribution in [1.29, 1.82) is 0 Å². The van der Waals surface area contributed by atoms with Crippen molar-refractivity contribution >= 4 is 51.7 Å². The molecule has 198 valence electrons. The molecule has 39 heavy (non-hydrogen) atoms. The molecular weight excluding hydrogens is 518 g/mol. The van der Waals surface area contributed by atoms with Gasteiger partial charge in [0.15, 0.2) is 23.3 Å². The van der Waals surface area contributed by atoms with E-state index in [0.29, 0.717) is 40.1 Å². The van der Waals surface area contributed by atoms with Crippen molar-refractivity contribution in [2.45, 2.75) is 19.3 Å². The second kappa shape index (κ2) is 11.5. The highest BCUT2D eigenvalue weighted by Crippen LogP contribution is 2.37. The van der Waals surface area contributed by atoms with E-state index in [1.807, 2.05) is 42.5 Å². The van der Waals surface area contributed by atoms with E-state index in [1.165, 1.54) is 6.20 Å². The molecule has 8 nitrogen and oxygen atoms in total. The molecule has 0 bridgehead atoms. The van der Waals surface area contributed by atoms with E-state index in [-0.39, 0.29) is 5.15 Å². The summed E-state index contributed by atoms with van der Waals surface area (Å²) < 4.78 is 16.3. The number of pyridine rings is 2. The van der Waals surface area contributed by atoms with Crippen LogP contribution in [0.3, 0.4) is 0 Å². The van der Waals surface area contributed by atoms with Gasteiger partial charge in [0.2, 0.25) is 0 Å². The van der Waals surface area contributed by atoms with Crippen molar-refractivity contribution in [1.82, 2.24) is 9.97 Å². The van der Waals surface area contributed by atoms with Gasteiger partial charge < -0.3 is 19.5 Å². The number of para-hydroxylation sites is 1. The van der Waals surface area contributed by atoms with Crippen molar-refractivity contribution in [3.8, 4) is 11.5 Å². The molecule has 9 heteroatoms. The van der Waals surface area contributed by atoms with Gasteiger partial charge in [0.05, 0.1) is 36.7 Å². The molecule has 0 saturated carbocycles. The normalized spacial score (nSPS) is 13.6. The summed E-state index contributed by atoms with van der Waals surface area (Å²) in [6, 6.07) is 16.4. The maximum atomic E-state index is 13.5. The predicted octanol–water partition coefficient (Wildman–Crippen LogP) is 5.97. The van der Waals surface area contributed by atoms with Gasteiger partial charge in [-0.3, -0.25) is 4.79 Å². The zero-order chi connectivity index (χ0) is 27.4. The van der Waals surface area contributed by atoms with Crippen LogP contribution in [-0.4, -0.2) is 42.7 Å². The number of carbonyl (C=O) groups is 2. The number of anilines is 1. The summed E-state index contributed by atoms with van der Waals surface area (Å²) in [6.45, 7) is -0.468. The highest BCUT2D eigenvalue weighted by atomic mass is 35.5. The van der Waals surface area contributed by atoms with E-state index in [2.05, 4.69) is 16.4 Å². The number of hydrogen-bond acceptors (Lipinski definition) is 7. The lowest BCUT2D eigenvalue weighted by atomic mass is 9.86. The van der Waals surface area contributed by atoms with Crippen LogP contribution in [0.25, 0.3) is 22.6 Å². The molecule has 0 fully saturated rings. The Bertz CT molecular complexity index is 1600. The van der Waals surface area contributed by atoms with Gasteiger partial charge in [-0.25, -0.2) is 14.8 Å². The molecule has 0 aliphatic heterocycles. The Morgan fingerprint density at radius 2 is 1.85 bits per heavy atom. The van der Waals surface area contributed by atoms with Gasteiger partial charge in [0, 0.05) is 11.6 Å². The number of nitrogens with one attached hydrogen (secondary N) is 1. The van der Waals surface area contributed by atoms with Gasteiger partial charge in [0.25, 0.3) is 5.91 Å². The zero-order valence-corrected chi connectivity index (χ0v) is 22.2. The third kappa shape index (κ3) is 5.56. The fourth-order valence-electron chi connectivity index (χ4n) is 4.72. The molecule has 0 spiro atoms. The SMILES string of the molecule is COc1ccc(/C=C2/CCCc3c2nc2ccccc2c3C(=O)OCC(=O)Nc2cccnc2Cl)cc1OC. The van der Waals surface area contributed by atoms with E-state index in [0.717, 1.165) is 35.2 Å². The summed E-state index contributed by atoms with van der Waals surface area (Å²) in [7, 11) is 3.20. The Labute approximate surface area is 230 Å². The Kier molecular flexibility index (Phi) is 7.74. The van der Waals surface area contributed by atoms with Crippen molar-refractivity contribution in [3.63, 3.8) is 0 Å². The van der Waals surface area contributed by atoms with E-state index in [4.69, 9.17) is 30.8 Å². The lowest BCUT2D eigenvalue weighted by Gasteiger charge is -2.22. The summed E-state index contributed by atoms with van der Waals surface area (Å²) in [6.07, 6.45) is 5.88. The van der Waals surface area contributed by atoms with Crippen molar-refractivity contribution < 1.29 is 23.8 Å². The maximum absolute atomic E-state index is 13.5. The first-order valence-corrected chi connectivity index (χ1v) is 12.8. The van der Waals surface area contributed by atoms with E-state index in [9.17, 15) is 9.59 Å². The number of halogens is 1. The number of fused-ring (bicyclic) bond motifs is 2. The number of amides is 1. The standard InChI is InChI=1S/C30H26ClN3O5/c1-37-24-13-12-18(16-25(24)38-2)15-19-7-5-9-21-27(20-8-3-4-10-22(20)34-28(19)21)30(36)39-17-26(35)33-23-11-6-14-32-29(23)31/h3-4,6,8,10-16H,5,7,9,17H2,1-2H3,(H,33,35)/b19-15-. The molecule has 0 atom stereocenters. The summed E-state index contributed by atoms with van der Waals surface area (Å²) >= 11 is 6.02. The molecule has 0 saturated heterocycles. The molecule has 1 aliphatic carbocycles. The number of hydrogen-bond donors (Lipinski definition) is 1. The first-order valence-electron chi connectivity index (χ1n) is 12.4. The number of aromatic nitrogens is 2. The van der Waals surface area contributed by atoms with Gasteiger partial charge in [-0.2, -0.15) is 0 Å². The molecule has 2 aromatic carbocycles. The molecule has 0 radical (unpaired) electrons. The van der Waals surface area contributed by atoms with Crippen LogP contribution in [0.4, 0.5) is 5.69 Å². The summed E-state index contributed by atoms with van der Waals surface area (Å²) in [5.41, 5.74) is 4.96. The molecule has 1 aliphatic rings. The van der Waals surface area contributed by atoms with Crippen LogP contribution in [0.1, 0.15) is 40.0 Å². The second-order valence-corrected chi connectivity index (χ2v) is 9.29. The summed E-state index contributed by atoms with van der Waals surface area (Å²) in [5.74, 6) is 0.182. The van der Waals surface area contributed by atoms with Crippen LogP contribution in [0, 0.1) is 0 Å². The third-order valence-corrected chi connectivity index (χ3v) is 6.79. The highest BCUT2D eigenvalue weighted by Gasteiger charge is 2.26. The number of carbonyl (C=O) groups excluding carboxylic acids is 2. The molecule has 1 N–H and O–H groups in total. The Hall–Kier alpha value is -4.43. The third-order valence-electron chi connectivity index (χ3n) is 6.49. The average Bonchev–Trinajstić information content (AvgIpc) is 2.96. The lowest BCUT2D eigenvalue weighted by molar-refractivity contribution is -0.119. The van der Waals surface area contributed by atoms with Crippen LogP contribution in [0.15, 0.2) is 60.8 Å². The van der Waals surface area contributed by atoms with Gasteiger partial charge >= 0.3 is 5.97 Å². The first-order chi connectivity index (χ1) is 19.0. The van der Waals surface area contributed by atoms with Gasteiger partial charge in [-0.15, -0.1) is 0 Å². The molecule has 2 heterocycles. The number of methoxy groups -OCH3 is 2. The average molecular weight is 544 g/mol. The summed E-state index contributed by atoms with van der Waals surface area (Å²) in [4.78, 5) is 34.8. The van der Waals surface area contributed by atoms with E-state index >= 15 is 0 Å². The zero-order valence-electron chi connectivity index (χ0n) is 21.5. The first kappa shape index (κ1) is 26.2. The van der Waals surface area contributed by atoms with Gasteiger partial charge in [-0.05, 0) is 72.4 Å². The van der Waals surface area contributed by atoms with Crippen molar-refractivity contribution in [2.75, 3.05) is 26.1 Å². The van der Waals surface area contributed by atoms with Gasteiger partial charge in [-0.1, -0.05) is 35.9 Å². The molecule has 2 aromatic heterocycles. The number of rotatable bonds is 7. The molecule has 5 rings (SSSR count). The minimum atomic E-state index is -0.579. The van der Waals surface area contributed by atoms with Crippen molar-refractivity contribution in [2.24, 2.45) is 0 Å². The summed E-state index contributed by atoms with van der Waals surface area (Å²) in [5, 5.41) is 3.45. The Morgan fingerprint density at radius 1 is 1.03 bits per heavy atom. The van der Waals surface area contributed by atoms with Crippen molar-refractivity contribution in [3.05, 3.63) is 88.3 Å². The predicted molar refractivity (Wildman–Crippen MR) is 150 cm³/mol. The topological polar surface area (TPSA) is 99.6 Å². The Morgan fingerprint density at radius 3 is 2.64 bits per heavy atom. The van der Waals surface area contributed by atoms with E-state index in [1.54, 1.807) is 26.4 Å². The number of nitrogens with zero attached hydrogens (tertiary/aromatic N) is 2. The van der Waals surface area contributed by atoms with Crippen LogP contribution in [0.5, 0.6) is 11.5 Å². The second-order valence-electron chi connectivity index (χ2n) is 8.93. The minimum absolute atomic E-state index is 0.153. The largest absolute Gasteiger partial charge is 0.493 e. The smallest absolute Gasteiger partial charge is 0.339 e. The van der Waals surface area contributed by atoms with Crippen LogP contribution < -0.4 is 14.8 Å². The molecular formula is C30H26ClN3O5. The highest BCUT2D eigenvalue weighted by molar-refractivity contribution is 6.32. The molecule has 0 unspecified atom stereocenters. The number of allylic oxidation sites excluding steroid dienone is 1. The number of benzene rings is 2. The quantitative estimate of drug-likeness (QED) is 0.226. The van der Waals surface area contributed by atoms with Crippen LogP contribution >= 0.6 is 11.6 Å². The van der Waals surface area contributed by atoms with E-state index < -0.39 is 18.5 Å². The number of esters is 1. The fourth-order valence-corrected chi connectivity index (χ4v) is 4.89. The van der Waals surface area contributed by atoms with Crippen LogP contribution in [-0.2, 0) is 16.0 Å². The van der Waals surface area contributed by atoms with Crippen LogP contribution in [0.2, 0.25) is 5.15 Å². The number of ether oxygens (including phenoxy) is 3. The Balaban J connectivity index is 1.48. The monoisotopic (exact) mass is 543 g/mol. The fraction of sp³-hybridized carbons (Fsp3) is 0.200. The maximum Gasteiger partial charge on any atom is 0.339 e. The lowest BCUT2D eigenvalue weighted by Crippen LogP contribution is -2.22. The molecule has 4 aromatic rings. The molecule has 1 amide bonds. The minimum Gasteiger partial charge on any atom is -0.493 e. The van der Waals surface area contributed by atoms with Gasteiger partial charge in [0.1, 0.15) is 0 Å².